The van der Waals surface area contributed by atoms with Crippen molar-refractivity contribution in [1.29, 1.82) is 0 Å². The van der Waals surface area contributed by atoms with E-state index in [-0.39, 0.29) is 18.9 Å². The summed E-state index contributed by atoms with van der Waals surface area (Å²) in [5.41, 5.74) is 2.31. The molecule has 1 aromatic heterocycles. The Morgan fingerprint density at radius 2 is 1.80 bits per heavy atom. The molecule has 216 valence electrons. The quantitative estimate of drug-likeness (QED) is 0.299. The number of thiazole rings is 1. The van der Waals surface area contributed by atoms with Crippen LogP contribution in [0.1, 0.15) is 55.2 Å². The lowest BCUT2D eigenvalue weighted by molar-refractivity contribution is -0.140. The standard InChI is InChI=1S/C31H41N3O5S/c1-3-38-30(36)26(19-29(35)34-20-24-6-4-5-7-25(24)21-34)18-23-8-10-27(11-9-23)39-15-12-28-22(2)40-31(32-28)33-13-16-37-17-14-33/h8-11,18,24-25H,3-7,12-17,19-21H2,1-2H3/b26-18+/t24-,25+. The van der Waals surface area contributed by atoms with Crippen LogP contribution < -0.4 is 9.64 Å². The fraction of sp³-hybridized carbons (Fsp3) is 0.581. The number of hydrogen-bond donors (Lipinski definition) is 0. The van der Waals surface area contributed by atoms with Crippen LogP contribution in [0.3, 0.4) is 0 Å². The first kappa shape index (κ1) is 28.6. The largest absolute Gasteiger partial charge is 0.493 e. The second-order valence-corrected chi connectivity index (χ2v) is 12.1. The molecule has 5 rings (SSSR count). The predicted molar refractivity (Wildman–Crippen MR) is 157 cm³/mol. The number of ether oxygens (including phenoxy) is 3. The van der Waals surface area contributed by atoms with Crippen molar-refractivity contribution in [3.05, 3.63) is 46.0 Å². The molecule has 2 aliphatic heterocycles. The zero-order valence-electron chi connectivity index (χ0n) is 23.7. The molecule has 1 aromatic carbocycles. The summed E-state index contributed by atoms with van der Waals surface area (Å²) in [6.07, 6.45) is 7.52. The van der Waals surface area contributed by atoms with Crippen LogP contribution >= 0.6 is 11.3 Å². The Morgan fingerprint density at radius 1 is 1.10 bits per heavy atom. The van der Waals surface area contributed by atoms with Crippen molar-refractivity contribution in [2.75, 3.05) is 57.5 Å². The van der Waals surface area contributed by atoms with Crippen LogP contribution in [0.5, 0.6) is 5.75 Å². The van der Waals surface area contributed by atoms with E-state index < -0.39 is 5.97 Å². The van der Waals surface area contributed by atoms with E-state index >= 15 is 0 Å². The normalized spacial score (nSPS) is 21.3. The SMILES string of the molecule is CCOC(=O)/C(=C/c1ccc(OCCc2nc(N3CCOCC3)sc2C)cc1)CC(=O)N1C[C@H]2CCCC[C@H]2C1. The van der Waals surface area contributed by atoms with Crippen molar-refractivity contribution >= 4 is 34.4 Å². The van der Waals surface area contributed by atoms with E-state index in [2.05, 4.69) is 11.8 Å². The summed E-state index contributed by atoms with van der Waals surface area (Å²) in [6, 6.07) is 7.62. The van der Waals surface area contributed by atoms with Crippen molar-refractivity contribution in [3.8, 4) is 5.75 Å². The fourth-order valence-corrected chi connectivity index (χ4v) is 6.96. The topological polar surface area (TPSA) is 81.2 Å². The Kier molecular flexibility index (Phi) is 9.75. The monoisotopic (exact) mass is 567 g/mol. The second kappa shape index (κ2) is 13.6. The zero-order chi connectivity index (χ0) is 27.9. The number of anilines is 1. The minimum atomic E-state index is -0.428. The van der Waals surface area contributed by atoms with Crippen LogP contribution in [0.15, 0.2) is 29.8 Å². The van der Waals surface area contributed by atoms with E-state index in [1.54, 1.807) is 24.3 Å². The molecule has 40 heavy (non-hydrogen) atoms. The number of morpholine rings is 1. The third-order valence-electron chi connectivity index (χ3n) is 8.20. The number of nitrogens with zero attached hydrogens (tertiary/aromatic N) is 3. The van der Waals surface area contributed by atoms with Crippen LogP contribution in [-0.2, 0) is 25.5 Å². The van der Waals surface area contributed by atoms with Gasteiger partial charge in [0.2, 0.25) is 5.91 Å². The molecule has 2 atom stereocenters. The maximum absolute atomic E-state index is 13.1. The molecule has 0 radical (unpaired) electrons. The summed E-state index contributed by atoms with van der Waals surface area (Å²) >= 11 is 1.73. The van der Waals surface area contributed by atoms with Crippen LogP contribution in [0, 0.1) is 18.8 Å². The van der Waals surface area contributed by atoms with Crippen molar-refractivity contribution in [1.82, 2.24) is 9.88 Å². The van der Waals surface area contributed by atoms with E-state index in [0.717, 1.165) is 68.0 Å². The molecule has 0 N–H and O–H groups in total. The van der Waals surface area contributed by atoms with E-state index in [9.17, 15) is 9.59 Å². The third-order valence-corrected chi connectivity index (χ3v) is 9.27. The highest BCUT2D eigenvalue weighted by Gasteiger charge is 2.36. The van der Waals surface area contributed by atoms with Gasteiger partial charge in [0.15, 0.2) is 5.13 Å². The van der Waals surface area contributed by atoms with E-state index in [0.29, 0.717) is 24.0 Å². The molecular weight excluding hydrogens is 526 g/mol. The van der Waals surface area contributed by atoms with Gasteiger partial charge in [0.1, 0.15) is 5.75 Å². The van der Waals surface area contributed by atoms with Crippen LogP contribution in [-0.4, -0.2) is 74.4 Å². The van der Waals surface area contributed by atoms with Gasteiger partial charge in [-0.15, -0.1) is 11.3 Å². The summed E-state index contributed by atoms with van der Waals surface area (Å²) in [7, 11) is 0. The maximum atomic E-state index is 13.1. The Balaban J connectivity index is 1.16. The molecule has 2 aromatic rings. The highest BCUT2D eigenvalue weighted by Crippen LogP contribution is 2.36. The summed E-state index contributed by atoms with van der Waals surface area (Å²) < 4.78 is 16.7. The van der Waals surface area contributed by atoms with Gasteiger partial charge >= 0.3 is 5.97 Å². The van der Waals surface area contributed by atoms with E-state index in [1.165, 1.54) is 30.6 Å². The third kappa shape index (κ3) is 7.23. The van der Waals surface area contributed by atoms with Gasteiger partial charge < -0.3 is 24.0 Å². The number of carbonyl (C=O) groups excluding carboxylic acids is 2. The highest BCUT2D eigenvalue weighted by atomic mass is 32.1. The number of aromatic nitrogens is 1. The number of benzene rings is 1. The average molecular weight is 568 g/mol. The zero-order valence-corrected chi connectivity index (χ0v) is 24.5. The lowest BCUT2D eigenvalue weighted by atomic mass is 9.82. The number of rotatable bonds is 10. The summed E-state index contributed by atoms with van der Waals surface area (Å²) in [6.45, 7) is 9.61. The van der Waals surface area contributed by atoms with Gasteiger partial charge in [-0.2, -0.15) is 0 Å². The minimum Gasteiger partial charge on any atom is -0.493 e. The number of aryl methyl sites for hydroxylation is 1. The van der Waals surface area contributed by atoms with Crippen molar-refractivity contribution in [2.45, 2.75) is 52.4 Å². The average Bonchev–Trinajstić information content (AvgIpc) is 3.58. The lowest BCUT2D eigenvalue weighted by Crippen LogP contribution is -2.36. The first-order valence-corrected chi connectivity index (χ1v) is 15.5. The van der Waals surface area contributed by atoms with Gasteiger partial charge in [-0.25, -0.2) is 9.78 Å². The number of esters is 1. The molecule has 9 heteroatoms. The Labute approximate surface area is 241 Å². The first-order valence-electron chi connectivity index (χ1n) is 14.7. The highest BCUT2D eigenvalue weighted by molar-refractivity contribution is 7.15. The van der Waals surface area contributed by atoms with Gasteiger partial charge in [0.05, 0.1) is 38.5 Å². The molecule has 1 saturated carbocycles. The van der Waals surface area contributed by atoms with Gasteiger partial charge in [0.25, 0.3) is 0 Å². The second-order valence-electron chi connectivity index (χ2n) is 10.9. The summed E-state index contributed by atoms with van der Waals surface area (Å²) in [4.78, 5) is 36.2. The maximum Gasteiger partial charge on any atom is 0.334 e. The summed E-state index contributed by atoms with van der Waals surface area (Å²) in [5.74, 6) is 1.58. The number of fused-ring (bicyclic) bond motifs is 1. The Bertz CT molecular complexity index is 1170. The van der Waals surface area contributed by atoms with Crippen molar-refractivity contribution in [3.63, 3.8) is 0 Å². The van der Waals surface area contributed by atoms with Crippen LogP contribution in [0.4, 0.5) is 5.13 Å². The first-order chi connectivity index (χ1) is 19.5. The smallest absolute Gasteiger partial charge is 0.334 e. The Morgan fingerprint density at radius 3 is 2.48 bits per heavy atom. The van der Waals surface area contributed by atoms with E-state index in [4.69, 9.17) is 19.2 Å². The molecule has 8 nitrogen and oxygen atoms in total. The van der Waals surface area contributed by atoms with Gasteiger partial charge in [-0.1, -0.05) is 25.0 Å². The van der Waals surface area contributed by atoms with Crippen molar-refractivity contribution < 1.29 is 23.8 Å². The molecular formula is C31H41N3O5S. The molecule has 1 aliphatic carbocycles. The molecule has 1 amide bonds. The van der Waals surface area contributed by atoms with E-state index in [1.807, 2.05) is 29.2 Å². The molecule has 0 bridgehead atoms. The van der Waals surface area contributed by atoms with Crippen molar-refractivity contribution in [2.24, 2.45) is 11.8 Å². The molecule has 0 unspecified atom stereocenters. The number of amides is 1. The molecule has 2 saturated heterocycles. The number of carbonyl (C=O) groups is 2. The van der Waals surface area contributed by atoms with Crippen LogP contribution in [0.25, 0.3) is 6.08 Å². The van der Waals surface area contributed by atoms with Gasteiger partial charge in [-0.3, -0.25) is 4.79 Å². The van der Waals surface area contributed by atoms with Gasteiger partial charge in [-0.05, 0) is 62.3 Å². The van der Waals surface area contributed by atoms with Crippen LogP contribution in [0.2, 0.25) is 0 Å². The fourth-order valence-electron chi connectivity index (χ4n) is 5.95. The Hall–Kier alpha value is -2.91. The lowest BCUT2D eigenvalue weighted by Gasteiger charge is -2.26. The minimum absolute atomic E-state index is 0.0165. The number of hydrogen-bond acceptors (Lipinski definition) is 8. The molecule has 0 spiro atoms. The number of likely N-dealkylation sites (tertiary alicyclic amines) is 1. The molecule has 3 fully saturated rings. The molecule has 3 aliphatic rings. The molecule has 3 heterocycles. The van der Waals surface area contributed by atoms with Gasteiger partial charge in [0, 0.05) is 43.1 Å². The summed E-state index contributed by atoms with van der Waals surface area (Å²) in [5, 5.41) is 1.06. The predicted octanol–water partition coefficient (Wildman–Crippen LogP) is 4.89.